The summed E-state index contributed by atoms with van der Waals surface area (Å²) in [6, 6.07) is 8.27. The average molecular weight is 191 g/mol. The van der Waals surface area contributed by atoms with Crippen LogP contribution in [0, 0.1) is 6.92 Å². The van der Waals surface area contributed by atoms with Crippen molar-refractivity contribution in [1.29, 1.82) is 0 Å². The van der Waals surface area contributed by atoms with E-state index in [1.54, 1.807) is 7.05 Å². The van der Waals surface area contributed by atoms with Crippen LogP contribution in [0.5, 0.6) is 0 Å². The van der Waals surface area contributed by atoms with Gasteiger partial charge in [-0.25, -0.2) is 4.99 Å². The highest BCUT2D eigenvalue weighted by atomic mass is 32.1. The number of nitrogens with zero attached hydrogens (tertiary/aromatic N) is 1. The van der Waals surface area contributed by atoms with Crippen molar-refractivity contribution < 1.29 is 0 Å². The van der Waals surface area contributed by atoms with Gasteiger partial charge in [0.05, 0.1) is 5.25 Å². The number of rotatable bonds is 2. The van der Waals surface area contributed by atoms with Crippen molar-refractivity contribution >= 4 is 18.5 Å². The number of hydrogen-bond acceptors (Lipinski definition) is 2. The minimum atomic E-state index is 0.0867. The zero-order chi connectivity index (χ0) is 9.68. The van der Waals surface area contributed by atoms with Gasteiger partial charge in [0, 0.05) is 7.05 Å². The average Bonchev–Trinajstić information content (AvgIpc) is 2.14. The van der Waals surface area contributed by atoms with E-state index in [2.05, 4.69) is 48.6 Å². The molecular formula is C11H13NS. The van der Waals surface area contributed by atoms with Crippen molar-refractivity contribution in [2.45, 2.75) is 12.2 Å². The highest BCUT2D eigenvalue weighted by molar-refractivity contribution is 7.80. The molecule has 1 nitrogen and oxygen atoms in total. The van der Waals surface area contributed by atoms with E-state index in [1.165, 1.54) is 11.1 Å². The third kappa shape index (κ3) is 3.10. The van der Waals surface area contributed by atoms with E-state index < -0.39 is 0 Å². The van der Waals surface area contributed by atoms with Crippen molar-refractivity contribution in [3.63, 3.8) is 0 Å². The molecule has 1 aromatic rings. The highest BCUT2D eigenvalue weighted by Gasteiger charge is 2.00. The van der Waals surface area contributed by atoms with Crippen LogP contribution in [-0.4, -0.2) is 12.9 Å². The minimum Gasteiger partial charge on any atom is -0.247 e. The molecule has 0 bridgehead atoms. The Labute approximate surface area is 84.6 Å². The van der Waals surface area contributed by atoms with Crippen molar-refractivity contribution in [1.82, 2.24) is 0 Å². The lowest BCUT2D eigenvalue weighted by Gasteiger charge is -2.04. The van der Waals surface area contributed by atoms with Crippen LogP contribution in [0.15, 0.2) is 35.3 Å². The Hall–Kier alpha value is -0.980. The second-order valence-electron chi connectivity index (χ2n) is 2.88. The van der Waals surface area contributed by atoms with E-state index >= 15 is 0 Å². The molecule has 1 unspecified atom stereocenters. The number of benzene rings is 1. The van der Waals surface area contributed by atoms with Gasteiger partial charge in [0.2, 0.25) is 0 Å². The van der Waals surface area contributed by atoms with Gasteiger partial charge in [-0.2, -0.15) is 12.6 Å². The van der Waals surface area contributed by atoms with E-state index in [-0.39, 0.29) is 5.25 Å². The molecule has 1 rings (SSSR count). The molecule has 0 aliphatic rings. The summed E-state index contributed by atoms with van der Waals surface area (Å²) in [7, 11) is 1.70. The largest absolute Gasteiger partial charge is 0.247 e. The first-order valence-corrected chi connectivity index (χ1v) is 4.68. The summed E-state index contributed by atoms with van der Waals surface area (Å²) in [6.07, 6.45) is 1.85. The predicted molar refractivity (Wildman–Crippen MR) is 60.8 cm³/mol. The molecule has 0 aliphatic heterocycles. The van der Waals surface area contributed by atoms with Gasteiger partial charge in [0.1, 0.15) is 0 Å². The Morgan fingerprint density at radius 3 is 2.92 bits per heavy atom. The molecule has 0 saturated heterocycles. The molecule has 0 heterocycles. The molecule has 0 spiro atoms. The first-order valence-electron chi connectivity index (χ1n) is 4.16. The second-order valence-corrected chi connectivity index (χ2v) is 3.43. The molecule has 0 fully saturated rings. The van der Waals surface area contributed by atoms with Crippen molar-refractivity contribution in [2.75, 3.05) is 7.05 Å². The van der Waals surface area contributed by atoms with E-state index in [9.17, 15) is 0 Å². The van der Waals surface area contributed by atoms with Crippen molar-refractivity contribution in [2.24, 2.45) is 4.99 Å². The Kier molecular flexibility index (Phi) is 3.81. The van der Waals surface area contributed by atoms with E-state index in [1.807, 2.05) is 12.1 Å². The lowest BCUT2D eigenvalue weighted by Crippen LogP contribution is -1.86. The summed E-state index contributed by atoms with van der Waals surface area (Å²) in [5, 5.41) is 0.0867. The molecule has 0 saturated carbocycles. The fourth-order valence-electron chi connectivity index (χ4n) is 1.10. The molecule has 0 aromatic heterocycles. The molecular weight excluding hydrogens is 178 g/mol. The SMILES string of the molecule is CN=C=CC(S)c1cccc(C)c1. The second kappa shape index (κ2) is 4.90. The number of aliphatic imine (C=N–C) groups is 1. The van der Waals surface area contributed by atoms with Gasteiger partial charge in [-0.05, 0) is 24.4 Å². The van der Waals surface area contributed by atoms with Crippen LogP contribution in [0.1, 0.15) is 16.4 Å². The maximum atomic E-state index is 4.42. The zero-order valence-electron chi connectivity index (χ0n) is 7.86. The normalized spacial score (nSPS) is 11.6. The van der Waals surface area contributed by atoms with E-state index in [0.717, 1.165) is 0 Å². The lowest BCUT2D eigenvalue weighted by atomic mass is 10.1. The molecule has 1 aromatic carbocycles. The van der Waals surface area contributed by atoms with Gasteiger partial charge in [0.15, 0.2) is 0 Å². The molecule has 0 N–H and O–H groups in total. The van der Waals surface area contributed by atoms with Crippen LogP contribution in [0.2, 0.25) is 0 Å². The zero-order valence-corrected chi connectivity index (χ0v) is 8.75. The smallest absolute Gasteiger partial charge is 0.0536 e. The van der Waals surface area contributed by atoms with Crippen LogP contribution < -0.4 is 0 Å². The number of hydrogen-bond donors (Lipinski definition) is 1. The van der Waals surface area contributed by atoms with Crippen molar-refractivity contribution in [3.05, 3.63) is 41.5 Å². The van der Waals surface area contributed by atoms with Gasteiger partial charge in [-0.15, -0.1) is 0 Å². The van der Waals surface area contributed by atoms with Gasteiger partial charge in [-0.3, -0.25) is 0 Å². The number of thiol groups is 1. The molecule has 13 heavy (non-hydrogen) atoms. The van der Waals surface area contributed by atoms with E-state index in [0.29, 0.717) is 0 Å². The Morgan fingerprint density at radius 2 is 2.31 bits per heavy atom. The molecule has 0 amide bonds. The molecule has 0 radical (unpaired) electrons. The minimum absolute atomic E-state index is 0.0867. The highest BCUT2D eigenvalue weighted by Crippen LogP contribution is 2.20. The number of aryl methyl sites for hydroxylation is 1. The van der Waals surface area contributed by atoms with Crippen molar-refractivity contribution in [3.8, 4) is 0 Å². The fourth-order valence-corrected chi connectivity index (χ4v) is 1.32. The maximum Gasteiger partial charge on any atom is 0.0536 e. The summed E-state index contributed by atoms with van der Waals surface area (Å²) in [5.41, 5.74) is 2.43. The fraction of sp³-hybridized carbons (Fsp3) is 0.273. The van der Waals surface area contributed by atoms with Crippen LogP contribution in [0.25, 0.3) is 0 Å². The third-order valence-electron chi connectivity index (χ3n) is 1.75. The van der Waals surface area contributed by atoms with Crippen LogP contribution in [0.4, 0.5) is 0 Å². The summed E-state index contributed by atoms with van der Waals surface area (Å²) in [4.78, 5) is 3.77. The first-order chi connectivity index (χ1) is 6.24. The Balaban J connectivity index is 2.88. The Bertz CT molecular complexity index is 338. The Morgan fingerprint density at radius 1 is 1.54 bits per heavy atom. The first kappa shape index (κ1) is 10.1. The summed E-state index contributed by atoms with van der Waals surface area (Å²) in [5.74, 6) is 2.79. The molecule has 1 atom stereocenters. The topological polar surface area (TPSA) is 12.4 Å². The van der Waals surface area contributed by atoms with Crippen LogP contribution in [-0.2, 0) is 0 Å². The predicted octanol–water partition coefficient (Wildman–Crippen LogP) is 2.82. The van der Waals surface area contributed by atoms with Gasteiger partial charge in [-0.1, -0.05) is 29.8 Å². The van der Waals surface area contributed by atoms with Gasteiger partial charge in [0.25, 0.3) is 0 Å². The summed E-state index contributed by atoms with van der Waals surface area (Å²) < 4.78 is 0. The summed E-state index contributed by atoms with van der Waals surface area (Å²) in [6.45, 7) is 2.07. The molecule has 0 aliphatic carbocycles. The quantitative estimate of drug-likeness (QED) is 0.545. The van der Waals surface area contributed by atoms with Gasteiger partial charge >= 0.3 is 0 Å². The lowest BCUT2D eigenvalue weighted by molar-refractivity contribution is 1.23. The standard InChI is InChI=1S/C11H13NS/c1-9-4-3-5-10(8-9)11(13)6-7-12-2/h3-6,8,11,13H,1-2H3. The third-order valence-corrected chi connectivity index (χ3v) is 2.19. The van der Waals surface area contributed by atoms with Gasteiger partial charge < -0.3 is 0 Å². The van der Waals surface area contributed by atoms with E-state index in [4.69, 9.17) is 0 Å². The summed E-state index contributed by atoms with van der Waals surface area (Å²) >= 11 is 4.42. The molecule has 2 heteroatoms. The van der Waals surface area contributed by atoms with Crippen LogP contribution >= 0.6 is 12.6 Å². The maximum absolute atomic E-state index is 4.42. The molecule has 68 valence electrons. The van der Waals surface area contributed by atoms with Crippen LogP contribution in [0.3, 0.4) is 0 Å². The monoisotopic (exact) mass is 191 g/mol.